The Balaban J connectivity index is 1.81. The number of aromatic nitrogens is 1. The lowest BCUT2D eigenvalue weighted by atomic mass is 10.0. The van der Waals surface area contributed by atoms with E-state index in [4.69, 9.17) is 4.74 Å². The Hall–Kier alpha value is -1.13. The predicted octanol–water partition coefficient (Wildman–Crippen LogP) is 1.99. The minimum Gasteiger partial charge on any atom is -0.378 e. The van der Waals surface area contributed by atoms with Gasteiger partial charge in [0.1, 0.15) is 5.82 Å². The van der Waals surface area contributed by atoms with Gasteiger partial charge in [-0.05, 0) is 50.6 Å². The van der Waals surface area contributed by atoms with E-state index in [1.165, 1.54) is 30.5 Å². The van der Waals surface area contributed by atoms with Gasteiger partial charge in [0.2, 0.25) is 0 Å². The maximum atomic E-state index is 5.39. The summed E-state index contributed by atoms with van der Waals surface area (Å²) in [6, 6.07) is 2.80. The Kier molecular flexibility index (Phi) is 3.71. The zero-order chi connectivity index (χ0) is 13.2. The van der Waals surface area contributed by atoms with Crippen LogP contribution in [0.1, 0.15) is 30.0 Å². The second-order valence-corrected chi connectivity index (χ2v) is 5.64. The predicted molar refractivity (Wildman–Crippen MR) is 76.6 cm³/mol. The quantitative estimate of drug-likeness (QED) is 0.814. The first kappa shape index (κ1) is 12.9. The highest BCUT2D eigenvalue weighted by molar-refractivity contribution is 5.44. The molecule has 2 aliphatic heterocycles. The molecule has 19 heavy (non-hydrogen) atoms. The zero-order valence-corrected chi connectivity index (χ0v) is 11.9. The molecule has 3 heterocycles. The lowest BCUT2D eigenvalue weighted by Gasteiger charge is -2.29. The highest BCUT2D eigenvalue weighted by Crippen LogP contribution is 2.32. The first-order valence-electron chi connectivity index (χ1n) is 7.25. The number of hydrogen-bond donors (Lipinski definition) is 0. The van der Waals surface area contributed by atoms with E-state index in [-0.39, 0.29) is 0 Å². The fourth-order valence-electron chi connectivity index (χ4n) is 3.17. The van der Waals surface area contributed by atoms with Crippen LogP contribution in [0.2, 0.25) is 0 Å². The molecule has 0 aliphatic carbocycles. The zero-order valence-electron chi connectivity index (χ0n) is 11.9. The molecule has 1 unspecified atom stereocenters. The monoisotopic (exact) mass is 261 g/mol. The smallest absolute Gasteiger partial charge is 0.128 e. The average molecular weight is 261 g/mol. The van der Waals surface area contributed by atoms with Gasteiger partial charge in [-0.2, -0.15) is 0 Å². The van der Waals surface area contributed by atoms with Gasteiger partial charge in [-0.15, -0.1) is 0 Å². The highest BCUT2D eigenvalue weighted by atomic mass is 16.5. The number of morpholine rings is 1. The number of ether oxygens (including phenoxy) is 1. The van der Waals surface area contributed by atoms with Crippen molar-refractivity contribution in [2.75, 3.05) is 44.8 Å². The summed E-state index contributed by atoms with van der Waals surface area (Å²) in [6.45, 7) is 6.95. The summed E-state index contributed by atoms with van der Waals surface area (Å²) in [5, 5.41) is 0. The summed E-state index contributed by atoms with van der Waals surface area (Å²) in [4.78, 5) is 9.45. The second-order valence-electron chi connectivity index (χ2n) is 5.64. The van der Waals surface area contributed by atoms with Crippen molar-refractivity contribution in [2.24, 2.45) is 0 Å². The van der Waals surface area contributed by atoms with E-state index in [2.05, 4.69) is 41.0 Å². The molecule has 2 fully saturated rings. The molecule has 1 aromatic heterocycles. The van der Waals surface area contributed by atoms with Crippen LogP contribution in [0.25, 0.3) is 0 Å². The number of pyridine rings is 1. The van der Waals surface area contributed by atoms with Crippen LogP contribution in [0.5, 0.6) is 0 Å². The number of rotatable bonds is 2. The Morgan fingerprint density at radius 1 is 1.26 bits per heavy atom. The van der Waals surface area contributed by atoms with Crippen molar-refractivity contribution in [3.05, 3.63) is 23.4 Å². The fraction of sp³-hybridized carbons (Fsp3) is 0.667. The third-order valence-electron chi connectivity index (χ3n) is 4.35. The lowest BCUT2D eigenvalue weighted by Crippen LogP contribution is -2.36. The molecular weight excluding hydrogens is 238 g/mol. The summed E-state index contributed by atoms with van der Waals surface area (Å²) in [5.41, 5.74) is 2.77. The third-order valence-corrected chi connectivity index (χ3v) is 4.35. The van der Waals surface area contributed by atoms with Gasteiger partial charge in [0.15, 0.2) is 0 Å². The summed E-state index contributed by atoms with van der Waals surface area (Å²) < 4.78 is 5.39. The summed E-state index contributed by atoms with van der Waals surface area (Å²) >= 11 is 0. The molecule has 4 nitrogen and oxygen atoms in total. The standard InChI is InChI=1S/C15H23N3O/c1-12-10-15(18-6-8-19-9-7-18)16-11-13(12)14-4-3-5-17(14)2/h10-11,14H,3-9H2,1-2H3. The van der Waals surface area contributed by atoms with Crippen molar-refractivity contribution in [1.29, 1.82) is 0 Å². The van der Waals surface area contributed by atoms with Crippen molar-refractivity contribution in [3.8, 4) is 0 Å². The second kappa shape index (κ2) is 5.47. The third kappa shape index (κ3) is 2.60. The Morgan fingerprint density at radius 2 is 2.05 bits per heavy atom. The van der Waals surface area contributed by atoms with Crippen LogP contribution in [-0.4, -0.2) is 49.8 Å². The van der Waals surface area contributed by atoms with Gasteiger partial charge in [0.05, 0.1) is 13.2 Å². The van der Waals surface area contributed by atoms with E-state index < -0.39 is 0 Å². The van der Waals surface area contributed by atoms with Gasteiger partial charge in [0.25, 0.3) is 0 Å². The molecule has 2 saturated heterocycles. The van der Waals surface area contributed by atoms with E-state index in [9.17, 15) is 0 Å². The summed E-state index contributed by atoms with van der Waals surface area (Å²) in [5.74, 6) is 1.10. The molecular formula is C15H23N3O. The Morgan fingerprint density at radius 3 is 2.68 bits per heavy atom. The average Bonchev–Trinajstić information content (AvgIpc) is 2.86. The molecule has 0 aromatic carbocycles. The Bertz CT molecular complexity index is 443. The molecule has 2 aliphatic rings. The maximum absolute atomic E-state index is 5.39. The molecule has 0 spiro atoms. The molecule has 0 N–H and O–H groups in total. The maximum Gasteiger partial charge on any atom is 0.128 e. The summed E-state index contributed by atoms with van der Waals surface area (Å²) in [7, 11) is 2.22. The number of aryl methyl sites for hydroxylation is 1. The largest absolute Gasteiger partial charge is 0.378 e. The van der Waals surface area contributed by atoms with Crippen molar-refractivity contribution in [1.82, 2.24) is 9.88 Å². The molecule has 104 valence electrons. The molecule has 0 bridgehead atoms. The van der Waals surface area contributed by atoms with E-state index in [0.29, 0.717) is 6.04 Å². The fourth-order valence-corrected chi connectivity index (χ4v) is 3.17. The molecule has 0 saturated carbocycles. The van der Waals surface area contributed by atoms with E-state index in [1.54, 1.807) is 0 Å². The van der Waals surface area contributed by atoms with Crippen LogP contribution in [0, 0.1) is 6.92 Å². The van der Waals surface area contributed by atoms with Crippen molar-refractivity contribution >= 4 is 5.82 Å². The number of anilines is 1. The molecule has 0 amide bonds. The minimum absolute atomic E-state index is 0.561. The van der Waals surface area contributed by atoms with Crippen LogP contribution in [0.4, 0.5) is 5.82 Å². The SMILES string of the molecule is Cc1cc(N2CCOCC2)ncc1C1CCCN1C. The lowest BCUT2D eigenvalue weighted by molar-refractivity contribution is 0.122. The van der Waals surface area contributed by atoms with E-state index in [1.807, 2.05) is 0 Å². The van der Waals surface area contributed by atoms with E-state index >= 15 is 0 Å². The van der Waals surface area contributed by atoms with Crippen molar-refractivity contribution in [2.45, 2.75) is 25.8 Å². The number of hydrogen-bond acceptors (Lipinski definition) is 4. The first-order valence-corrected chi connectivity index (χ1v) is 7.25. The van der Waals surface area contributed by atoms with E-state index in [0.717, 1.165) is 32.1 Å². The van der Waals surface area contributed by atoms with Gasteiger partial charge >= 0.3 is 0 Å². The molecule has 1 atom stereocenters. The van der Waals surface area contributed by atoms with Gasteiger partial charge in [-0.1, -0.05) is 0 Å². The topological polar surface area (TPSA) is 28.6 Å². The highest BCUT2D eigenvalue weighted by Gasteiger charge is 2.24. The van der Waals surface area contributed by atoms with Gasteiger partial charge in [0, 0.05) is 25.3 Å². The number of likely N-dealkylation sites (tertiary alicyclic amines) is 1. The normalized spacial score (nSPS) is 24.9. The summed E-state index contributed by atoms with van der Waals surface area (Å²) in [6.07, 6.45) is 4.65. The van der Waals surface area contributed by atoms with Crippen LogP contribution in [-0.2, 0) is 4.74 Å². The number of nitrogens with zero attached hydrogens (tertiary/aromatic N) is 3. The van der Waals surface area contributed by atoms with Gasteiger partial charge in [-0.25, -0.2) is 4.98 Å². The molecule has 1 aromatic rings. The van der Waals surface area contributed by atoms with Crippen LogP contribution in [0.3, 0.4) is 0 Å². The van der Waals surface area contributed by atoms with Crippen LogP contribution < -0.4 is 4.90 Å². The van der Waals surface area contributed by atoms with Gasteiger partial charge in [-0.3, -0.25) is 4.90 Å². The molecule has 3 rings (SSSR count). The van der Waals surface area contributed by atoms with Crippen LogP contribution in [0.15, 0.2) is 12.3 Å². The van der Waals surface area contributed by atoms with Crippen molar-refractivity contribution < 1.29 is 4.74 Å². The van der Waals surface area contributed by atoms with Gasteiger partial charge < -0.3 is 9.64 Å². The minimum atomic E-state index is 0.561. The first-order chi connectivity index (χ1) is 9.25. The molecule has 0 radical (unpaired) electrons. The van der Waals surface area contributed by atoms with Crippen molar-refractivity contribution in [3.63, 3.8) is 0 Å². The molecule has 4 heteroatoms. The van der Waals surface area contributed by atoms with Crippen LogP contribution >= 0.6 is 0 Å². The Labute approximate surface area is 115 Å².